The number of halogens is 6. The van der Waals surface area contributed by atoms with E-state index < -0.39 is 48.6 Å². The zero-order valence-electron chi connectivity index (χ0n) is 15.1. The highest BCUT2D eigenvalue weighted by Crippen LogP contribution is 2.43. The van der Waals surface area contributed by atoms with Crippen LogP contribution in [0.25, 0.3) is 0 Å². The van der Waals surface area contributed by atoms with Gasteiger partial charge in [0.15, 0.2) is 0 Å². The van der Waals surface area contributed by atoms with Gasteiger partial charge in [-0.2, -0.15) is 26.3 Å². The van der Waals surface area contributed by atoms with Crippen LogP contribution in [0.2, 0.25) is 0 Å². The van der Waals surface area contributed by atoms with E-state index in [0.717, 1.165) is 17.0 Å². The first-order chi connectivity index (χ1) is 12.8. The Morgan fingerprint density at radius 2 is 1.64 bits per heavy atom. The lowest BCUT2D eigenvalue weighted by Gasteiger charge is -2.31. The molecule has 1 unspecified atom stereocenters. The average molecular weight is 411 g/mol. The number of benzene rings is 1. The van der Waals surface area contributed by atoms with E-state index in [-0.39, 0.29) is 17.4 Å². The number of carbonyl (C=O) groups excluding carboxylic acids is 2. The monoisotopic (exact) mass is 411 g/mol. The number of amides is 3. The van der Waals surface area contributed by atoms with Gasteiger partial charge in [-0.15, -0.1) is 0 Å². The molecule has 28 heavy (non-hydrogen) atoms. The molecular formula is C17H19F6N3O2. The van der Waals surface area contributed by atoms with Crippen molar-refractivity contribution in [2.75, 3.05) is 19.8 Å². The van der Waals surface area contributed by atoms with Gasteiger partial charge in [0.25, 0.3) is 5.91 Å². The molecule has 11 heteroatoms. The van der Waals surface area contributed by atoms with E-state index in [9.17, 15) is 35.9 Å². The maximum Gasteiger partial charge on any atom is 0.425 e. The molecule has 0 spiro atoms. The van der Waals surface area contributed by atoms with E-state index in [1.807, 2.05) is 0 Å². The molecule has 156 valence electrons. The van der Waals surface area contributed by atoms with Crippen LogP contribution in [0.1, 0.15) is 19.4 Å². The minimum Gasteiger partial charge on any atom is -0.312 e. The van der Waals surface area contributed by atoms with Crippen molar-refractivity contribution in [1.29, 1.82) is 0 Å². The highest BCUT2D eigenvalue weighted by atomic mass is 19.4. The molecule has 3 amide bonds. The van der Waals surface area contributed by atoms with Crippen molar-refractivity contribution < 1.29 is 35.9 Å². The predicted molar refractivity (Wildman–Crippen MR) is 86.9 cm³/mol. The first-order valence-electron chi connectivity index (χ1n) is 8.33. The lowest BCUT2D eigenvalue weighted by molar-refractivity contribution is -0.199. The molecule has 1 fully saturated rings. The summed E-state index contributed by atoms with van der Waals surface area (Å²) in [5.74, 6) is -1.93. The Kier molecular flexibility index (Phi) is 5.98. The van der Waals surface area contributed by atoms with Crippen LogP contribution >= 0.6 is 0 Å². The summed E-state index contributed by atoms with van der Waals surface area (Å²) in [4.78, 5) is 25.8. The highest BCUT2D eigenvalue weighted by Gasteiger charge is 2.68. The summed E-state index contributed by atoms with van der Waals surface area (Å²) in [5.41, 5.74) is -3.86. The second-order valence-electron chi connectivity index (χ2n) is 6.94. The smallest absolute Gasteiger partial charge is 0.312 e. The maximum atomic E-state index is 13.9. The maximum absolute atomic E-state index is 13.9. The van der Waals surface area contributed by atoms with Crippen molar-refractivity contribution >= 4 is 11.9 Å². The molecule has 1 aromatic carbocycles. The SMILES string of the molecule is CC(C)CN(CN1C(=O)NC(c2ccccc2)(C(F)(F)F)C1=O)CC(F)(F)F. The second kappa shape index (κ2) is 7.61. The average Bonchev–Trinajstić information content (AvgIpc) is 2.79. The summed E-state index contributed by atoms with van der Waals surface area (Å²) in [7, 11) is 0. The number of alkyl halides is 6. The molecule has 1 heterocycles. The lowest BCUT2D eigenvalue weighted by atomic mass is 9.89. The minimum atomic E-state index is -5.19. The van der Waals surface area contributed by atoms with Crippen LogP contribution in [0.5, 0.6) is 0 Å². The molecule has 1 aliphatic heterocycles. The van der Waals surface area contributed by atoms with Crippen LogP contribution < -0.4 is 5.32 Å². The van der Waals surface area contributed by atoms with Gasteiger partial charge in [-0.3, -0.25) is 9.69 Å². The Hall–Kier alpha value is -2.30. The number of nitrogens with zero attached hydrogens (tertiary/aromatic N) is 2. The number of hydrogen-bond donors (Lipinski definition) is 1. The van der Waals surface area contributed by atoms with Gasteiger partial charge in [-0.25, -0.2) is 9.69 Å². The van der Waals surface area contributed by atoms with Crippen molar-refractivity contribution in [3.63, 3.8) is 0 Å². The van der Waals surface area contributed by atoms with Gasteiger partial charge in [0.1, 0.15) is 0 Å². The number of rotatable bonds is 6. The molecule has 0 radical (unpaired) electrons. The molecule has 1 N–H and O–H groups in total. The summed E-state index contributed by atoms with van der Waals surface area (Å²) in [6.45, 7) is 0.680. The van der Waals surface area contributed by atoms with Crippen molar-refractivity contribution in [2.24, 2.45) is 5.92 Å². The van der Waals surface area contributed by atoms with E-state index in [0.29, 0.717) is 0 Å². The quantitative estimate of drug-likeness (QED) is 0.576. The van der Waals surface area contributed by atoms with Gasteiger partial charge in [0.2, 0.25) is 5.54 Å². The zero-order chi connectivity index (χ0) is 21.3. The summed E-state index contributed by atoms with van der Waals surface area (Å²) in [6, 6.07) is 4.61. The van der Waals surface area contributed by atoms with E-state index in [1.54, 1.807) is 19.2 Å². The van der Waals surface area contributed by atoms with Crippen LogP contribution in [0.15, 0.2) is 30.3 Å². The summed E-state index contributed by atoms with van der Waals surface area (Å²) in [5, 5.41) is 1.65. The third-order valence-corrected chi connectivity index (χ3v) is 4.11. The van der Waals surface area contributed by atoms with Crippen LogP contribution in [-0.2, 0) is 10.3 Å². The molecule has 1 aliphatic rings. The van der Waals surface area contributed by atoms with Gasteiger partial charge in [-0.1, -0.05) is 44.2 Å². The van der Waals surface area contributed by atoms with Gasteiger partial charge in [-0.05, 0) is 11.5 Å². The zero-order valence-corrected chi connectivity index (χ0v) is 15.1. The van der Waals surface area contributed by atoms with E-state index in [2.05, 4.69) is 0 Å². The Morgan fingerprint density at radius 1 is 1.07 bits per heavy atom. The van der Waals surface area contributed by atoms with E-state index in [1.165, 1.54) is 18.2 Å². The number of carbonyl (C=O) groups is 2. The molecule has 1 aromatic rings. The van der Waals surface area contributed by atoms with E-state index in [4.69, 9.17) is 0 Å². The largest absolute Gasteiger partial charge is 0.425 e. The molecule has 0 aliphatic carbocycles. The number of nitrogens with one attached hydrogen (secondary N) is 1. The van der Waals surface area contributed by atoms with Crippen LogP contribution in [0.4, 0.5) is 31.1 Å². The normalized spacial score (nSPS) is 21.0. The standard InChI is InChI=1S/C17H19F6N3O2/c1-11(2)8-25(9-15(18,19)20)10-26-13(27)16(17(21,22)23,24-14(26)28)12-6-4-3-5-7-12/h3-7,11H,8-10H2,1-2H3,(H,24,28). The fourth-order valence-corrected chi connectivity index (χ4v) is 3.09. The molecule has 0 aromatic heterocycles. The fraction of sp³-hybridized carbons (Fsp3) is 0.529. The lowest BCUT2D eigenvalue weighted by Crippen LogP contribution is -2.56. The summed E-state index contributed by atoms with van der Waals surface area (Å²) in [6.07, 6.45) is -9.84. The van der Waals surface area contributed by atoms with Crippen LogP contribution in [-0.4, -0.2) is 53.8 Å². The van der Waals surface area contributed by atoms with Gasteiger partial charge in [0, 0.05) is 6.54 Å². The Balaban J connectivity index is 2.39. The molecule has 2 rings (SSSR count). The highest BCUT2D eigenvalue weighted by molar-refractivity contribution is 6.08. The van der Waals surface area contributed by atoms with Crippen LogP contribution in [0.3, 0.4) is 0 Å². The van der Waals surface area contributed by atoms with Gasteiger partial charge in [0.05, 0.1) is 13.2 Å². The number of urea groups is 1. The van der Waals surface area contributed by atoms with Gasteiger partial charge >= 0.3 is 18.4 Å². The molecule has 0 saturated carbocycles. The predicted octanol–water partition coefficient (Wildman–Crippen LogP) is 3.47. The van der Waals surface area contributed by atoms with Crippen molar-refractivity contribution in [3.05, 3.63) is 35.9 Å². The van der Waals surface area contributed by atoms with Crippen molar-refractivity contribution in [2.45, 2.75) is 31.7 Å². The third kappa shape index (κ3) is 4.40. The first kappa shape index (κ1) is 22.0. The minimum absolute atomic E-state index is 0.166. The molecule has 0 bridgehead atoms. The second-order valence-corrected chi connectivity index (χ2v) is 6.94. The number of hydrogen-bond acceptors (Lipinski definition) is 3. The molecular weight excluding hydrogens is 392 g/mol. The van der Waals surface area contributed by atoms with Crippen LogP contribution in [0, 0.1) is 5.92 Å². The third-order valence-electron chi connectivity index (χ3n) is 4.11. The fourth-order valence-electron chi connectivity index (χ4n) is 3.09. The molecule has 1 atom stereocenters. The molecule has 1 saturated heterocycles. The Labute approximate surface area is 157 Å². The first-order valence-corrected chi connectivity index (χ1v) is 8.33. The Bertz CT molecular complexity index is 720. The van der Waals surface area contributed by atoms with Crippen molar-refractivity contribution in [3.8, 4) is 0 Å². The Morgan fingerprint density at radius 3 is 2.11 bits per heavy atom. The van der Waals surface area contributed by atoms with Crippen molar-refractivity contribution in [1.82, 2.24) is 15.1 Å². The van der Waals surface area contributed by atoms with E-state index >= 15 is 0 Å². The summed E-state index contributed by atoms with van der Waals surface area (Å²) < 4.78 is 80.0. The number of imide groups is 1. The van der Waals surface area contributed by atoms with Gasteiger partial charge < -0.3 is 5.32 Å². The summed E-state index contributed by atoms with van der Waals surface area (Å²) >= 11 is 0. The molecule has 5 nitrogen and oxygen atoms in total. The topological polar surface area (TPSA) is 52.6 Å².